The van der Waals surface area contributed by atoms with E-state index >= 15 is 0 Å². The molecule has 1 aromatic heterocycles. The molecule has 0 aliphatic heterocycles. The molecular formula is C41H38FN4O10PS2. The Balaban J connectivity index is 1.17. The number of sulfonamides is 1. The molecule has 5 aromatic carbocycles. The summed E-state index contributed by atoms with van der Waals surface area (Å²) in [6.45, 7) is 0.686. The van der Waals surface area contributed by atoms with Gasteiger partial charge < -0.3 is 39.8 Å². The van der Waals surface area contributed by atoms with Crippen molar-refractivity contribution in [2.45, 2.75) is 23.2 Å². The largest absolute Gasteiger partial charge is 0.488 e. The number of thiophene rings is 1. The number of halogens is 1. The number of carbonyl (C=O) groups is 1. The average Bonchev–Trinajstić information content (AvgIpc) is 3.66. The van der Waals surface area contributed by atoms with Gasteiger partial charge in [0.1, 0.15) is 48.3 Å². The second kappa shape index (κ2) is 19.3. The second-order valence-electron chi connectivity index (χ2n) is 12.8. The van der Waals surface area contributed by atoms with Crippen LogP contribution in [0.25, 0.3) is 10.1 Å². The lowest BCUT2D eigenvalue weighted by Crippen LogP contribution is -2.28. The molecule has 59 heavy (non-hydrogen) atoms. The number of nitrogens with two attached hydrogens (primary N) is 1. The summed E-state index contributed by atoms with van der Waals surface area (Å²) in [5.41, 5.74) is 6.98. The highest BCUT2D eigenvalue weighted by atomic mass is 32.2. The highest BCUT2D eigenvalue weighted by Crippen LogP contribution is 2.51. The number of hydrogen-bond donors (Lipinski definition) is 5. The lowest BCUT2D eigenvalue weighted by molar-refractivity contribution is 0.0941. The maximum absolute atomic E-state index is 14.4. The zero-order chi connectivity index (χ0) is 42.0. The number of para-hydroxylation sites is 1. The van der Waals surface area contributed by atoms with E-state index in [4.69, 9.17) is 29.9 Å². The van der Waals surface area contributed by atoms with E-state index in [-0.39, 0.29) is 77.7 Å². The quantitative estimate of drug-likeness (QED) is 0.0443. The van der Waals surface area contributed by atoms with Gasteiger partial charge in [0, 0.05) is 17.3 Å². The number of nitrogens with zero attached hydrogens (tertiary/aromatic N) is 1. The first-order valence-corrected chi connectivity index (χ1v) is 21.9. The summed E-state index contributed by atoms with van der Waals surface area (Å²) >= 11 is 0.781. The van der Waals surface area contributed by atoms with Gasteiger partial charge in [-0.1, -0.05) is 72.8 Å². The fourth-order valence-electron chi connectivity index (χ4n) is 5.72. The lowest BCUT2D eigenvalue weighted by Gasteiger charge is -2.20. The summed E-state index contributed by atoms with van der Waals surface area (Å²) in [4.78, 5) is 33.6. The van der Waals surface area contributed by atoms with Gasteiger partial charge in [-0.25, -0.2) is 12.8 Å². The second-order valence-corrected chi connectivity index (χ2v) is 17.5. The van der Waals surface area contributed by atoms with Gasteiger partial charge in [-0.3, -0.25) is 9.36 Å². The van der Waals surface area contributed by atoms with Crippen LogP contribution in [0.15, 0.2) is 119 Å². The van der Waals surface area contributed by atoms with Crippen LogP contribution < -0.4 is 34.7 Å². The topological polar surface area (TPSA) is 220 Å². The molecule has 6 aromatic rings. The number of nitriles is 1. The van der Waals surface area contributed by atoms with Crippen LogP contribution in [0.5, 0.6) is 23.0 Å². The highest BCUT2D eigenvalue weighted by molar-refractivity contribution is 7.92. The number of carbonyl (C=O) groups excluding carboxylic acids is 1. The molecule has 0 aliphatic rings. The standard InChI is InChI=1S/C41H38FN4O10PS2/c42-33-20-29(14-15-30(33)24-44)41(57(48,49)50)46-59(51,52)38-22-31-21-35(53-18-16-43)36(23-37(31)58-38)54-19-17-45-40(47)32-12-7-13-34(55-25-27-8-3-1-4-9-27)39(32)56-26-28-10-5-2-6-11-28/h1-15,20-23,41,46H,16-19,25-26,43H2,(H,45,47)(H2,48,49,50). The molecule has 0 saturated heterocycles. The van der Waals surface area contributed by atoms with Crippen molar-refractivity contribution in [3.8, 4) is 29.1 Å². The van der Waals surface area contributed by atoms with Gasteiger partial charge in [0.25, 0.3) is 15.9 Å². The molecule has 1 amide bonds. The van der Waals surface area contributed by atoms with Crippen molar-refractivity contribution in [1.82, 2.24) is 10.0 Å². The molecule has 0 spiro atoms. The maximum Gasteiger partial charge on any atom is 0.347 e. The molecule has 0 fully saturated rings. The van der Waals surface area contributed by atoms with Crippen molar-refractivity contribution in [3.05, 3.63) is 149 Å². The Bertz CT molecular complexity index is 2620. The van der Waals surface area contributed by atoms with E-state index < -0.39 is 35.1 Å². The third-order valence-electron chi connectivity index (χ3n) is 8.56. The number of hydrogen-bond acceptors (Lipinski definition) is 11. The Morgan fingerprint density at radius 3 is 2.14 bits per heavy atom. The van der Waals surface area contributed by atoms with Gasteiger partial charge >= 0.3 is 7.60 Å². The lowest BCUT2D eigenvalue weighted by atomic mass is 10.1. The zero-order valence-corrected chi connectivity index (χ0v) is 33.6. The van der Waals surface area contributed by atoms with Crippen LogP contribution in [0, 0.1) is 17.1 Å². The number of benzene rings is 5. The zero-order valence-electron chi connectivity index (χ0n) is 31.1. The molecule has 14 nitrogen and oxygen atoms in total. The van der Waals surface area contributed by atoms with Gasteiger partial charge in [0.2, 0.25) is 0 Å². The predicted octanol–water partition coefficient (Wildman–Crippen LogP) is 6.37. The summed E-state index contributed by atoms with van der Waals surface area (Å²) in [6.07, 6.45) is 0. The molecule has 306 valence electrons. The number of fused-ring (bicyclic) bond motifs is 1. The molecule has 6 N–H and O–H groups in total. The SMILES string of the molecule is N#Cc1ccc(C(NS(=O)(=O)c2cc3cc(OCCN)c(OCCNC(=O)c4cccc(OCc5ccccc5)c4OCc4ccccc4)cc3s2)P(=O)(O)O)cc1F. The molecule has 0 aliphatic carbocycles. The van der Waals surface area contributed by atoms with Crippen LogP contribution in [0.3, 0.4) is 0 Å². The van der Waals surface area contributed by atoms with Gasteiger partial charge in [0.15, 0.2) is 23.0 Å². The van der Waals surface area contributed by atoms with Crippen LogP contribution in [0.4, 0.5) is 4.39 Å². The molecule has 0 saturated carbocycles. The van der Waals surface area contributed by atoms with E-state index in [1.165, 1.54) is 18.2 Å². The summed E-state index contributed by atoms with van der Waals surface area (Å²) in [6, 6.07) is 32.8. The fraction of sp³-hybridized carbons (Fsp3) is 0.171. The molecule has 18 heteroatoms. The minimum absolute atomic E-state index is 0.0358. The third kappa shape index (κ3) is 11.0. The molecule has 0 bridgehead atoms. The van der Waals surface area contributed by atoms with Crippen molar-refractivity contribution in [2.24, 2.45) is 5.73 Å². The molecule has 0 radical (unpaired) electrons. The van der Waals surface area contributed by atoms with Crippen molar-refractivity contribution in [1.29, 1.82) is 5.26 Å². The van der Waals surface area contributed by atoms with Crippen molar-refractivity contribution in [3.63, 3.8) is 0 Å². The van der Waals surface area contributed by atoms with Gasteiger partial charge in [0.05, 0.1) is 17.7 Å². The van der Waals surface area contributed by atoms with Crippen LogP contribution >= 0.6 is 18.9 Å². The Labute approximate surface area is 343 Å². The maximum atomic E-state index is 14.4. The van der Waals surface area contributed by atoms with Crippen molar-refractivity contribution < 1.29 is 50.9 Å². The van der Waals surface area contributed by atoms with E-state index in [0.717, 1.165) is 34.6 Å². The van der Waals surface area contributed by atoms with E-state index in [2.05, 4.69) is 5.32 Å². The third-order valence-corrected chi connectivity index (χ3v) is 12.8. The van der Waals surface area contributed by atoms with E-state index in [9.17, 15) is 32.0 Å². The molecule has 1 heterocycles. The Morgan fingerprint density at radius 1 is 0.831 bits per heavy atom. The van der Waals surface area contributed by atoms with Crippen LogP contribution in [-0.2, 0) is 27.8 Å². The van der Waals surface area contributed by atoms with E-state index in [1.54, 1.807) is 24.3 Å². The summed E-state index contributed by atoms with van der Waals surface area (Å²) in [5, 5.41) is 12.3. The van der Waals surface area contributed by atoms with Crippen LogP contribution in [0.2, 0.25) is 0 Å². The Hall–Kier alpha value is -5.83. The van der Waals surface area contributed by atoms with E-state index in [1.807, 2.05) is 65.4 Å². The molecule has 6 rings (SSSR count). The van der Waals surface area contributed by atoms with Gasteiger partial charge in [-0.2, -0.15) is 9.98 Å². The average molecular weight is 861 g/mol. The van der Waals surface area contributed by atoms with Crippen molar-refractivity contribution in [2.75, 3.05) is 26.3 Å². The minimum atomic E-state index is -5.23. The Morgan fingerprint density at radius 2 is 1.49 bits per heavy atom. The normalized spacial score (nSPS) is 12.1. The van der Waals surface area contributed by atoms with E-state index in [0.29, 0.717) is 21.9 Å². The Kier molecular flexibility index (Phi) is 14.0. The number of nitrogens with one attached hydrogen (secondary N) is 2. The van der Waals surface area contributed by atoms with Crippen LogP contribution in [0.1, 0.15) is 38.4 Å². The summed E-state index contributed by atoms with van der Waals surface area (Å²) in [5.74, 6) is -2.58. The highest BCUT2D eigenvalue weighted by Gasteiger charge is 2.36. The first kappa shape index (κ1) is 42.8. The first-order chi connectivity index (χ1) is 28.4. The summed E-state index contributed by atoms with van der Waals surface area (Å²) < 4.78 is 80.0. The van der Waals surface area contributed by atoms with Gasteiger partial charge in [-0.05, 0) is 58.5 Å². The molecular weight excluding hydrogens is 823 g/mol. The first-order valence-electron chi connectivity index (χ1n) is 17.9. The molecule has 1 unspecified atom stereocenters. The fourth-order valence-corrected chi connectivity index (χ4v) is 9.72. The van der Waals surface area contributed by atoms with Crippen molar-refractivity contribution >= 4 is 44.9 Å². The summed E-state index contributed by atoms with van der Waals surface area (Å²) in [7, 11) is -9.84. The number of ether oxygens (including phenoxy) is 4. The van der Waals surface area contributed by atoms with Gasteiger partial charge in [-0.15, -0.1) is 11.3 Å². The number of rotatable bonds is 19. The van der Waals surface area contributed by atoms with Crippen LogP contribution in [-0.4, -0.2) is 50.4 Å². The molecule has 1 atom stereocenters. The minimum Gasteiger partial charge on any atom is -0.488 e. The predicted molar refractivity (Wildman–Crippen MR) is 218 cm³/mol. The monoisotopic (exact) mass is 860 g/mol. The smallest absolute Gasteiger partial charge is 0.347 e. The number of amides is 1.